The Labute approximate surface area is 141 Å². The lowest BCUT2D eigenvalue weighted by Crippen LogP contribution is -2.13. The number of fused-ring (bicyclic) bond motifs is 1. The van der Waals surface area contributed by atoms with Gasteiger partial charge >= 0.3 is 5.97 Å². The van der Waals surface area contributed by atoms with Gasteiger partial charge in [0, 0.05) is 6.42 Å². The molecule has 2 rings (SSSR count). The zero-order valence-electron chi connectivity index (χ0n) is 11.6. The molecule has 8 heteroatoms. The van der Waals surface area contributed by atoms with Crippen molar-refractivity contribution < 1.29 is 19.7 Å². The van der Waals surface area contributed by atoms with Crippen LogP contribution in [0.4, 0.5) is 0 Å². The molecule has 1 unspecified atom stereocenters. The van der Waals surface area contributed by atoms with Crippen LogP contribution in [-0.4, -0.2) is 37.9 Å². The number of aliphatic hydroxyl groups is 2. The molecule has 2 N–H and O–H groups in total. The molecule has 22 heavy (non-hydrogen) atoms. The third-order valence-electron chi connectivity index (χ3n) is 2.89. The van der Waals surface area contributed by atoms with Crippen LogP contribution in [-0.2, 0) is 4.74 Å². The minimum absolute atomic E-state index is 0.0369. The molecule has 1 aromatic carbocycles. The van der Waals surface area contributed by atoms with Crippen LogP contribution >= 0.6 is 35.8 Å². The highest BCUT2D eigenvalue weighted by Crippen LogP contribution is 2.31. The van der Waals surface area contributed by atoms with Crippen molar-refractivity contribution in [3.63, 3.8) is 0 Å². The first-order chi connectivity index (χ1) is 10.4. The summed E-state index contributed by atoms with van der Waals surface area (Å²) in [5.74, 6) is -1.04. The first kappa shape index (κ1) is 16.7. The predicted molar refractivity (Wildman–Crippen MR) is 93.4 cm³/mol. The lowest BCUT2D eigenvalue weighted by atomic mass is 10.1. The van der Waals surface area contributed by atoms with E-state index in [1.165, 1.54) is 11.3 Å². The summed E-state index contributed by atoms with van der Waals surface area (Å²) in [5, 5.41) is 18.9. The average Bonchev–Trinajstić information content (AvgIpc) is 2.86. The minimum atomic E-state index is -0.629. The average molecular weight is 355 g/mol. The van der Waals surface area contributed by atoms with Crippen LogP contribution in [0.1, 0.15) is 34.6 Å². The van der Waals surface area contributed by atoms with Crippen LogP contribution in [0.5, 0.6) is 0 Å². The Kier molecular flexibility index (Phi) is 5.38. The van der Waals surface area contributed by atoms with E-state index in [2.05, 4.69) is 17.2 Å². The highest BCUT2D eigenvalue weighted by atomic mass is 32.1. The van der Waals surface area contributed by atoms with Crippen molar-refractivity contribution in [2.45, 2.75) is 19.3 Å². The van der Waals surface area contributed by atoms with Gasteiger partial charge < -0.3 is 14.9 Å². The molecule has 0 amide bonds. The quantitative estimate of drug-likeness (QED) is 0.604. The topological polar surface area (TPSA) is 79.7 Å². The number of hydrogen-bond donors (Lipinski definition) is 2. The van der Waals surface area contributed by atoms with E-state index in [0.29, 0.717) is 22.7 Å². The number of hydrogen-bond acceptors (Lipinski definition) is 6. The largest absolute Gasteiger partial charge is 0.502 e. The number of thiazole rings is 1. The van der Waals surface area contributed by atoms with E-state index in [1.54, 1.807) is 25.1 Å². The molecule has 0 aliphatic heterocycles. The molecule has 0 radical (unpaired) electrons. The van der Waals surface area contributed by atoms with Gasteiger partial charge in [-0.3, -0.25) is 0 Å². The summed E-state index contributed by atoms with van der Waals surface area (Å²) in [5.41, 5.74) is 1.02. The molecule has 0 saturated carbocycles. The number of carbonyl (C=O) groups excluding carboxylic acids is 1. The molecule has 0 aliphatic rings. The summed E-state index contributed by atoms with van der Waals surface area (Å²) in [6.07, 6.45) is 0.0369. The summed E-state index contributed by atoms with van der Waals surface area (Å²) in [4.78, 5) is 16.1. The number of aliphatic hydroxyl groups excluding tert-OH is 2. The molecule has 0 saturated heterocycles. The van der Waals surface area contributed by atoms with Gasteiger partial charge in [-0.15, -0.1) is 11.3 Å². The standard InChI is InChI=1S/C14H13NO4S3/c1-2-19-13(17)7-3-4-10-9(5-7)15-12(22-10)8(14(18)21)6-11(16)20/h3-5,8H,2,6H2,1H3,(H,16,20)(H,18,21). The Morgan fingerprint density at radius 3 is 2.73 bits per heavy atom. The SMILES string of the molecule is CCOC(=O)c1ccc2sc(C(CC(O)=S)C(O)=S)nc2c1. The fraction of sp³-hybridized carbons (Fsp3) is 0.286. The molecule has 0 aliphatic carbocycles. The number of aromatic nitrogens is 1. The van der Waals surface area contributed by atoms with Crippen LogP contribution in [0.2, 0.25) is 0 Å². The summed E-state index contributed by atoms with van der Waals surface area (Å²) >= 11 is 10.8. The zero-order chi connectivity index (χ0) is 16.3. The van der Waals surface area contributed by atoms with E-state index in [4.69, 9.17) is 17.0 Å². The molecule has 116 valence electrons. The van der Waals surface area contributed by atoms with Crippen molar-refractivity contribution in [3.8, 4) is 0 Å². The van der Waals surface area contributed by atoms with E-state index in [0.717, 1.165) is 4.70 Å². The fourth-order valence-corrected chi connectivity index (χ4v) is 3.38. The van der Waals surface area contributed by atoms with Crippen LogP contribution in [0.15, 0.2) is 18.2 Å². The van der Waals surface area contributed by atoms with E-state index in [9.17, 15) is 15.0 Å². The first-order valence-corrected chi connectivity index (χ1v) is 8.08. The van der Waals surface area contributed by atoms with Crippen molar-refractivity contribution in [1.29, 1.82) is 0 Å². The van der Waals surface area contributed by atoms with Gasteiger partial charge in [-0.1, -0.05) is 0 Å². The van der Waals surface area contributed by atoms with Crippen molar-refractivity contribution >= 4 is 62.1 Å². The number of esters is 1. The number of rotatable bonds is 6. The number of benzene rings is 1. The van der Waals surface area contributed by atoms with E-state index < -0.39 is 11.9 Å². The molecule has 5 nitrogen and oxygen atoms in total. The maximum atomic E-state index is 11.7. The van der Waals surface area contributed by atoms with Gasteiger partial charge in [0.25, 0.3) is 0 Å². The molecule has 1 atom stereocenters. The maximum Gasteiger partial charge on any atom is 0.338 e. The third-order valence-corrected chi connectivity index (χ3v) is 4.49. The Hall–Kier alpha value is -1.64. The highest BCUT2D eigenvalue weighted by Gasteiger charge is 2.22. The second-order valence-electron chi connectivity index (χ2n) is 4.44. The van der Waals surface area contributed by atoms with Crippen molar-refractivity contribution in [2.75, 3.05) is 6.61 Å². The van der Waals surface area contributed by atoms with Gasteiger partial charge in [0.05, 0.1) is 28.3 Å². The summed E-state index contributed by atoms with van der Waals surface area (Å²) in [6.45, 7) is 2.04. The molecule has 0 fully saturated rings. The van der Waals surface area contributed by atoms with Crippen LogP contribution < -0.4 is 0 Å². The summed E-state index contributed by atoms with van der Waals surface area (Å²) in [6, 6.07) is 5.05. The second-order valence-corrected chi connectivity index (χ2v) is 6.40. The lowest BCUT2D eigenvalue weighted by molar-refractivity contribution is 0.0526. The monoisotopic (exact) mass is 355 g/mol. The normalized spacial score (nSPS) is 12.0. The second kappa shape index (κ2) is 7.08. The lowest BCUT2D eigenvalue weighted by Gasteiger charge is -2.08. The van der Waals surface area contributed by atoms with Crippen LogP contribution in [0.3, 0.4) is 0 Å². The molecular formula is C14H13NO4S3. The zero-order valence-corrected chi connectivity index (χ0v) is 14.1. The van der Waals surface area contributed by atoms with Crippen molar-refractivity contribution in [2.24, 2.45) is 0 Å². The van der Waals surface area contributed by atoms with E-state index >= 15 is 0 Å². The Morgan fingerprint density at radius 1 is 1.41 bits per heavy atom. The maximum absolute atomic E-state index is 11.7. The van der Waals surface area contributed by atoms with Crippen LogP contribution in [0, 0.1) is 0 Å². The minimum Gasteiger partial charge on any atom is -0.502 e. The molecule has 1 heterocycles. The molecule has 2 aromatic rings. The molecule has 1 aromatic heterocycles. The Morgan fingerprint density at radius 2 is 2.14 bits per heavy atom. The molecule has 0 spiro atoms. The number of nitrogens with zero attached hydrogens (tertiary/aromatic N) is 1. The summed E-state index contributed by atoms with van der Waals surface area (Å²) in [7, 11) is 0. The van der Waals surface area contributed by atoms with Gasteiger partial charge in [0.15, 0.2) is 10.1 Å². The van der Waals surface area contributed by atoms with Gasteiger partial charge in [-0.25, -0.2) is 9.78 Å². The van der Waals surface area contributed by atoms with Crippen molar-refractivity contribution in [1.82, 2.24) is 4.98 Å². The van der Waals surface area contributed by atoms with Crippen molar-refractivity contribution in [3.05, 3.63) is 28.8 Å². The number of carbonyl (C=O) groups is 1. The number of thiocarbonyl (C=S) groups is 2. The Balaban J connectivity index is 2.39. The summed E-state index contributed by atoms with van der Waals surface area (Å²) < 4.78 is 5.79. The smallest absolute Gasteiger partial charge is 0.338 e. The molecule has 0 bridgehead atoms. The van der Waals surface area contributed by atoms with E-state index in [1.807, 2.05) is 0 Å². The van der Waals surface area contributed by atoms with Gasteiger partial charge in [-0.05, 0) is 49.6 Å². The van der Waals surface area contributed by atoms with E-state index in [-0.39, 0.29) is 16.5 Å². The molecular weight excluding hydrogens is 342 g/mol. The third kappa shape index (κ3) is 3.76. The predicted octanol–water partition coefficient (Wildman–Crippen LogP) is 3.72. The highest BCUT2D eigenvalue weighted by molar-refractivity contribution is 7.80. The van der Waals surface area contributed by atoms with Gasteiger partial charge in [-0.2, -0.15) is 0 Å². The Bertz CT molecular complexity index is 741. The number of ether oxygens (including phenoxy) is 1. The first-order valence-electron chi connectivity index (χ1n) is 6.44. The van der Waals surface area contributed by atoms with Crippen LogP contribution in [0.25, 0.3) is 10.2 Å². The fourth-order valence-electron chi connectivity index (χ4n) is 1.89. The van der Waals surface area contributed by atoms with Gasteiger partial charge in [0.2, 0.25) is 0 Å². The van der Waals surface area contributed by atoms with Gasteiger partial charge in [0.1, 0.15) is 5.01 Å².